The van der Waals surface area contributed by atoms with Crippen LogP contribution in [0.2, 0.25) is 0 Å². The number of halogens is 5. The highest BCUT2D eigenvalue weighted by Crippen LogP contribution is 2.03. The quantitative estimate of drug-likeness (QED) is 0.315. The summed E-state index contributed by atoms with van der Waals surface area (Å²) in [6.07, 6.45) is -1.62. The number of nitrogens with zero attached hydrogens (tertiary/aromatic N) is 2. The highest BCUT2D eigenvalue weighted by molar-refractivity contribution is 4.73. The molecule has 0 aliphatic rings. The average Bonchev–Trinajstić information content (AvgIpc) is 2.07. The Labute approximate surface area is 65.4 Å². The van der Waals surface area contributed by atoms with Gasteiger partial charge in [0.2, 0.25) is 0 Å². The van der Waals surface area contributed by atoms with E-state index in [-0.39, 0.29) is 17.0 Å². The lowest BCUT2D eigenvalue weighted by atomic mass is 10.8. The first kappa shape index (κ1) is 10.2. The zero-order valence-electron chi connectivity index (χ0n) is 5.28. The van der Waals surface area contributed by atoms with Crippen LogP contribution in [0.1, 0.15) is 0 Å². The van der Waals surface area contributed by atoms with E-state index in [0.29, 0.717) is 0 Å². The Morgan fingerprint density at radius 1 is 1.27 bits per heavy atom. The molecule has 0 N–H and O–H groups in total. The Morgan fingerprint density at radius 2 is 1.73 bits per heavy atom. The van der Waals surface area contributed by atoms with Crippen LogP contribution in [-0.2, 0) is 7.05 Å². The van der Waals surface area contributed by atoms with Gasteiger partial charge < -0.3 is 12.4 Å². The third kappa shape index (κ3) is 1.30. The minimum atomic E-state index is -1.86. The molecule has 0 spiro atoms. The van der Waals surface area contributed by atoms with Crippen LogP contribution in [0.5, 0.6) is 0 Å². The molecule has 0 radical (unpaired) electrons. The minimum absolute atomic E-state index is 0. The summed E-state index contributed by atoms with van der Waals surface area (Å²) in [6.45, 7) is 0. The smallest absolute Gasteiger partial charge is 0.487 e. The summed E-state index contributed by atoms with van der Waals surface area (Å²) in [7, 11) is 0.865. The second-order valence-corrected chi connectivity index (χ2v) is 1.69. The van der Waals surface area contributed by atoms with Crippen LogP contribution < -0.4 is 17.0 Å². The van der Waals surface area contributed by atoms with Crippen molar-refractivity contribution < 1.29 is 34.6 Å². The summed E-state index contributed by atoms with van der Waals surface area (Å²) in [6, 6.07) is 0. The van der Waals surface area contributed by atoms with Crippen molar-refractivity contribution in [3.8, 4) is 0 Å². The van der Waals surface area contributed by atoms with Gasteiger partial charge in [0.1, 0.15) is 0 Å². The van der Waals surface area contributed by atoms with Crippen molar-refractivity contribution in [1.82, 2.24) is 4.79 Å². The molecule has 7 heteroatoms. The molecule has 11 heavy (non-hydrogen) atoms. The zero-order chi connectivity index (χ0) is 7.89. The topological polar surface area (TPSA) is 8.81 Å². The predicted octanol–water partition coefficient (Wildman–Crippen LogP) is -2.53. The molecule has 0 aliphatic heterocycles. The van der Waals surface area contributed by atoms with Crippen LogP contribution in [0.15, 0.2) is 0 Å². The van der Waals surface area contributed by atoms with E-state index >= 15 is 0 Å². The molecule has 1 aromatic heterocycles. The fourth-order valence-electron chi connectivity index (χ4n) is 0.513. The van der Waals surface area contributed by atoms with Crippen LogP contribution in [0, 0.1) is 18.0 Å². The molecule has 1 rings (SSSR count). The van der Waals surface area contributed by atoms with E-state index < -0.39 is 22.8 Å². The third-order valence-electron chi connectivity index (χ3n) is 1.08. The Balaban J connectivity index is 0.000001000. The first-order chi connectivity index (χ1) is 4.55. The van der Waals surface area contributed by atoms with Gasteiger partial charge in [0.05, 0.1) is 7.05 Å². The summed E-state index contributed by atoms with van der Waals surface area (Å²) < 4.78 is 48.2. The van der Waals surface area contributed by atoms with E-state index in [4.69, 9.17) is 0 Å². The first-order valence-corrected chi connectivity index (χ1v) is 2.33. The molecule has 0 amide bonds. The highest BCUT2D eigenvalue weighted by atomic mass is 35.5. The molecular formula is C4H3ClF4N2. The standard InChI is InChI=1S/C4H3F4N2.ClH/c1-9-2(5)3(6)10(8)4(9)7;/h1H3;1H/q+1;/p-1. The van der Waals surface area contributed by atoms with Crippen LogP contribution in [-0.4, -0.2) is 4.79 Å². The van der Waals surface area contributed by atoms with E-state index in [2.05, 4.69) is 0 Å². The monoisotopic (exact) mass is 190 g/mol. The summed E-state index contributed by atoms with van der Waals surface area (Å²) >= 11 is 0. The molecule has 0 bridgehead atoms. The SMILES string of the molecule is C[n+]1c(F)c(F)n(F)c1F.[Cl-]. The zero-order valence-corrected chi connectivity index (χ0v) is 6.04. The van der Waals surface area contributed by atoms with E-state index in [1.54, 1.807) is 0 Å². The molecule has 0 saturated heterocycles. The highest BCUT2D eigenvalue weighted by Gasteiger charge is 2.30. The first-order valence-electron chi connectivity index (χ1n) is 2.33. The van der Waals surface area contributed by atoms with Crippen molar-refractivity contribution in [3.63, 3.8) is 0 Å². The molecule has 0 fully saturated rings. The maximum atomic E-state index is 12.1. The maximum absolute atomic E-state index is 12.1. The van der Waals surface area contributed by atoms with Gasteiger partial charge >= 0.3 is 18.0 Å². The van der Waals surface area contributed by atoms with Gasteiger partial charge in [-0.2, -0.15) is 8.96 Å². The third-order valence-corrected chi connectivity index (χ3v) is 1.08. The van der Waals surface area contributed by atoms with Crippen molar-refractivity contribution >= 4 is 0 Å². The van der Waals surface area contributed by atoms with Gasteiger partial charge in [-0.05, 0) is 0 Å². The number of rotatable bonds is 0. The molecule has 0 saturated carbocycles. The van der Waals surface area contributed by atoms with E-state index in [1.807, 2.05) is 0 Å². The van der Waals surface area contributed by atoms with Crippen LogP contribution >= 0.6 is 0 Å². The Morgan fingerprint density at radius 3 is 1.82 bits per heavy atom. The van der Waals surface area contributed by atoms with Crippen LogP contribution in [0.25, 0.3) is 0 Å². The molecule has 0 aliphatic carbocycles. The molecule has 0 atom stereocenters. The van der Waals surface area contributed by atoms with Crippen molar-refractivity contribution in [1.29, 1.82) is 0 Å². The molecule has 0 unspecified atom stereocenters. The molecule has 1 aromatic rings. The fraction of sp³-hybridized carbons (Fsp3) is 0.250. The largest absolute Gasteiger partial charge is 1.00 e. The second-order valence-electron chi connectivity index (χ2n) is 1.69. The van der Waals surface area contributed by atoms with Gasteiger partial charge in [-0.3, -0.25) is 0 Å². The van der Waals surface area contributed by atoms with Gasteiger partial charge in [-0.15, -0.1) is 8.78 Å². The van der Waals surface area contributed by atoms with Gasteiger partial charge in [-0.1, -0.05) is 0 Å². The summed E-state index contributed by atoms with van der Waals surface area (Å²) in [5.41, 5.74) is 0. The Bertz CT molecular complexity index is 191. The Kier molecular flexibility index (Phi) is 2.86. The summed E-state index contributed by atoms with van der Waals surface area (Å²) in [5, 5.41) is 0. The van der Waals surface area contributed by atoms with Crippen LogP contribution in [0.3, 0.4) is 0 Å². The second kappa shape index (κ2) is 3.08. The van der Waals surface area contributed by atoms with E-state index in [1.165, 1.54) is 0 Å². The van der Waals surface area contributed by atoms with Crippen LogP contribution in [0.4, 0.5) is 17.7 Å². The maximum Gasteiger partial charge on any atom is 0.487 e. The lowest BCUT2D eigenvalue weighted by Gasteiger charge is -1.76. The van der Waals surface area contributed by atoms with E-state index in [0.717, 1.165) is 7.05 Å². The predicted molar refractivity (Wildman–Crippen MR) is 22.0 cm³/mol. The molecule has 0 aromatic carbocycles. The minimum Gasteiger partial charge on any atom is -1.00 e. The van der Waals surface area contributed by atoms with Crippen molar-refractivity contribution in [2.45, 2.75) is 0 Å². The lowest BCUT2D eigenvalue weighted by molar-refractivity contribution is -0.728. The van der Waals surface area contributed by atoms with Gasteiger partial charge in [0.25, 0.3) is 0 Å². The lowest BCUT2D eigenvalue weighted by Crippen LogP contribution is -3.00. The van der Waals surface area contributed by atoms with Gasteiger partial charge in [0, 0.05) is 9.27 Å². The van der Waals surface area contributed by atoms with Crippen molar-refractivity contribution in [2.24, 2.45) is 7.05 Å². The summed E-state index contributed by atoms with van der Waals surface area (Å²) in [5.74, 6) is -3.43. The molecule has 1 heterocycles. The number of hydrogen-bond donors (Lipinski definition) is 0. The van der Waals surface area contributed by atoms with Gasteiger partial charge in [-0.25, -0.2) is 0 Å². The number of hydrogen-bond acceptors (Lipinski definition) is 0. The van der Waals surface area contributed by atoms with Gasteiger partial charge in [0.15, 0.2) is 0 Å². The molecular weight excluding hydrogens is 188 g/mol. The number of imidazole rings is 1. The van der Waals surface area contributed by atoms with Crippen molar-refractivity contribution in [2.75, 3.05) is 0 Å². The molecule has 64 valence electrons. The summed E-state index contributed by atoms with van der Waals surface area (Å²) in [4.78, 5) is -1.00. The fourth-order valence-corrected chi connectivity index (χ4v) is 0.513. The number of aromatic nitrogens is 2. The van der Waals surface area contributed by atoms with E-state index in [9.17, 15) is 17.7 Å². The Hall–Kier alpha value is -0.780. The molecule has 2 nitrogen and oxygen atoms in total. The normalized spacial score (nSPS) is 9.55. The van der Waals surface area contributed by atoms with Crippen molar-refractivity contribution in [3.05, 3.63) is 18.0 Å². The average molecular weight is 191 g/mol.